The lowest BCUT2D eigenvalue weighted by atomic mass is 10.1. The van der Waals surface area contributed by atoms with Crippen LogP contribution in [0.4, 0.5) is 4.79 Å². The molecule has 7 heteroatoms. The molecule has 0 saturated heterocycles. The predicted molar refractivity (Wildman–Crippen MR) is 60.4 cm³/mol. The lowest BCUT2D eigenvalue weighted by Gasteiger charge is -2.04. The van der Waals surface area contributed by atoms with Crippen LogP contribution >= 0.6 is 0 Å². The second-order valence-electron chi connectivity index (χ2n) is 3.29. The first-order valence-electron chi connectivity index (χ1n) is 4.82. The topological polar surface area (TPSA) is 92.7 Å². The third-order valence-electron chi connectivity index (χ3n) is 2.09. The van der Waals surface area contributed by atoms with E-state index in [0.717, 1.165) is 5.56 Å². The van der Waals surface area contributed by atoms with E-state index in [1.807, 2.05) is 0 Å². The van der Waals surface area contributed by atoms with Crippen LogP contribution in [0, 0.1) is 0 Å². The van der Waals surface area contributed by atoms with Crippen LogP contribution in [0.2, 0.25) is 0 Å². The van der Waals surface area contributed by atoms with E-state index in [1.54, 1.807) is 12.1 Å². The molecule has 2 N–H and O–H groups in total. The summed E-state index contributed by atoms with van der Waals surface area (Å²) in [6.45, 7) is 0.387. The highest BCUT2D eigenvalue weighted by atomic mass is 32.2. The summed E-state index contributed by atoms with van der Waals surface area (Å²) in [6.07, 6.45) is 0.0282. The van der Waals surface area contributed by atoms with Gasteiger partial charge in [-0.25, -0.2) is 4.79 Å². The van der Waals surface area contributed by atoms with E-state index in [1.165, 1.54) is 19.2 Å². The summed E-state index contributed by atoms with van der Waals surface area (Å²) < 4.78 is 34.7. The van der Waals surface area contributed by atoms with Gasteiger partial charge in [0.2, 0.25) is 0 Å². The fourth-order valence-corrected chi connectivity index (χ4v) is 1.69. The molecule has 6 nitrogen and oxygen atoms in total. The van der Waals surface area contributed by atoms with Gasteiger partial charge < -0.3 is 10.1 Å². The molecule has 0 radical (unpaired) electrons. The van der Waals surface area contributed by atoms with E-state index < -0.39 is 16.2 Å². The number of carbonyl (C=O) groups excluding carboxylic acids is 1. The van der Waals surface area contributed by atoms with Crippen LogP contribution in [0.15, 0.2) is 29.2 Å². The Morgan fingerprint density at radius 1 is 1.35 bits per heavy atom. The van der Waals surface area contributed by atoms with E-state index in [4.69, 9.17) is 4.55 Å². The van der Waals surface area contributed by atoms with Gasteiger partial charge in [-0.2, -0.15) is 8.42 Å². The highest BCUT2D eigenvalue weighted by molar-refractivity contribution is 7.85. The van der Waals surface area contributed by atoms with Crippen LogP contribution in [0.1, 0.15) is 5.56 Å². The van der Waals surface area contributed by atoms with Crippen molar-refractivity contribution in [1.29, 1.82) is 0 Å². The van der Waals surface area contributed by atoms with E-state index in [2.05, 4.69) is 10.1 Å². The van der Waals surface area contributed by atoms with Gasteiger partial charge in [0.15, 0.2) is 0 Å². The third kappa shape index (κ3) is 4.41. The standard InChI is InChI=1S/C10H13NO5S/c1-16-10(12)11-7-6-8-2-4-9(5-3-8)17(13,14)15/h2-5H,6-7H2,1H3,(H,11,12)(H,13,14,15). The number of hydrogen-bond acceptors (Lipinski definition) is 4. The van der Waals surface area contributed by atoms with Crippen LogP contribution in [-0.2, 0) is 21.3 Å². The van der Waals surface area contributed by atoms with Crippen LogP contribution in [0.25, 0.3) is 0 Å². The molecule has 0 aliphatic carbocycles. The normalized spacial score (nSPS) is 10.9. The van der Waals surface area contributed by atoms with Crippen molar-refractivity contribution in [3.05, 3.63) is 29.8 Å². The molecule has 0 bridgehead atoms. The summed E-state index contributed by atoms with van der Waals surface area (Å²) >= 11 is 0. The predicted octanol–water partition coefficient (Wildman–Crippen LogP) is 0.832. The number of nitrogens with one attached hydrogen (secondary N) is 1. The maximum Gasteiger partial charge on any atom is 0.406 e. The summed E-state index contributed by atoms with van der Waals surface area (Å²) in [5.41, 5.74) is 0.841. The first-order valence-corrected chi connectivity index (χ1v) is 6.26. The molecule has 17 heavy (non-hydrogen) atoms. The zero-order valence-corrected chi connectivity index (χ0v) is 10.0. The van der Waals surface area contributed by atoms with Gasteiger partial charge in [0, 0.05) is 6.54 Å². The van der Waals surface area contributed by atoms with E-state index in [0.29, 0.717) is 13.0 Å². The van der Waals surface area contributed by atoms with Gasteiger partial charge >= 0.3 is 6.09 Å². The maximum absolute atomic E-state index is 10.8. The molecule has 0 saturated carbocycles. The summed E-state index contributed by atoms with van der Waals surface area (Å²) in [4.78, 5) is 10.6. The molecule has 1 aromatic rings. The average molecular weight is 259 g/mol. The average Bonchev–Trinajstić information content (AvgIpc) is 2.28. The number of rotatable bonds is 4. The van der Waals surface area contributed by atoms with Crippen molar-refractivity contribution in [2.45, 2.75) is 11.3 Å². The molecule has 1 aromatic carbocycles. The zero-order valence-electron chi connectivity index (χ0n) is 9.21. The fourth-order valence-electron chi connectivity index (χ4n) is 1.21. The number of methoxy groups -OCH3 is 1. The number of carbonyl (C=O) groups is 1. The van der Waals surface area contributed by atoms with Crippen molar-refractivity contribution < 1.29 is 22.5 Å². The van der Waals surface area contributed by atoms with Crippen molar-refractivity contribution in [3.63, 3.8) is 0 Å². The Hall–Kier alpha value is -1.60. The molecule has 0 heterocycles. The summed E-state index contributed by atoms with van der Waals surface area (Å²) in [5, 5.41) is 2.50. The van der Waals surface area contributed by atoms with Crippen LogP contribution < -0.4 is 5.32 Å². The van der Waals surface area contributed by atoms with Crippen molar-refractivity contribution in [2.75, 3.05) is 13.7 Å². The molecule has 0 aliphatic rings. The number of benzene rings is 1. The summed E-state index contributed by atoms with van der Waals surface area (Å²) in [5.74, 6) is 0. The molecular weight excluding hydrogens is 246 g/mol. The first-order chi connectivity index (χ1) is 7.93. The van der Waals surface area contributed by atoms with E-state index >= 15 is 0 Å². The van der Waals surface area contributed by atoms with Gasteiger partial charge in [0.05, 0.1) is 12.0 Å². The second-order valence-corrected chi connectivity index (χ2v) is 4.71. The number of alkyl carbamates (subject to hydrolysis) is 1. The minimum absolute atomic E-state index is 0.151. The fraction of sp³-hybridized carbons (Fsp3) is 0.300. The third-order valence-corrected chi connectivity index (χ3v) is 2.96. The first kappa shape index (κ1) is 13.5. The lowest BCUT2D eigenvalue weighted by molar-refractivity contribution is 0.171. The maximum atomic E-state index is 10.8. The van der Waals surface area contributed by atoms with Crippen molar-refractivity contribution in [3.8, 4) is 0 Å². The van der Waals surface area contributed by atoms with Crippen LogP contribution in [0.3, 0.4) is 0 Å². The Kier molecular flexibility index (Phi) is 4.47. The Morgan fingerprint density at radius 2 is 1.94 bits per heavy atom. The molecular formula is C10H13NO5S. The lowest BCUT2D eigenvalue weighted by Crippen LogP contribution is -2.25. The second kappa shape index (κ2) is 5.65. The zero-order chi connectivity index (χ0) is 12.9. The van der Waals surface area contributed by atoms with Gasteiger partial charge in [-0.1, -0.05) is 12.1 Å². The number of ether oxygens (including phenoxy) is 1. The quantitative estimate of drug-likeness (QED) is 0.781. The van der Waals surface area contributed by atoms with Gasteiger partial charge in [-0.3, -0.25) is 4.55 Å². The minimum atomic E-state index is -4.15. The van der Waals surface area contributed by atoms with Crippen LogP contribution in [-0.4, -0.2) is 32.7 Å². The van der Waals surface area contributed by atoms with E-state index in [-0.39, 0.29) is 4.90 Å². The Balaban J connectivity index is 2.55. The molecule has 0 atom stereocenters. The number of amides is 1. The molecule has 1 amide bonds. The van der Waals surface area contributed by atoms with Gasteiger partial charge in [-0.15, -0.1) is 0 Å². The molecule has 94 valence electrons. The summed E-state index contributed by atoms with van der Waals surface area (Å²) in [6, 6.07) is 5.76. The number of hydrogen-bond donors (Lipinski definition) is 2. The SMILES string of the molecule is COC(=O)NCCc1ccc(S(=O)(=O)O)cc1. The highest BCUT2D eigenvalue weighted by Gasteiger charge is 2.08. The molecule has 0 aromatic heterocycles. The molecule has 1 rings (SSSR count). The molecule has 0 fully saturated rings. The van der Waals surface area contributed by atoms with Crippen LogP contribution in [0.5, 0.6) is 0 Å². The molecule has 0 spiro atoms. The molecule has 0 unspecified atom stereocenters. The largest absolute Gasteiger partial charge is 0.453 e. The van der Waals surface area contributed by atoms with Crippen molar-refractivity contribution in [2.24, 2.45) is 0 Å². The Morgan fingerprint density at radius 3 is 2.41 bits per heavy atom. The van der Waals surface area contributed by atoms with Gasteiger partial charge in [0.1, 0.15) is 0 Å². The van der Waals surface area contributed by atoms with Gasteiger partial charge in [0.25, 0.3) is 10.1 Å². The van der Waals surface area contributed by atoms with Crippen molar-refractivity contribution in [1.82, 2.24) is 5.32 Å². The smallest absolute Gasteiger partial charge is 0.406 e. The monoisotopic (exact) mass is 259 g/mol. The highest BCUT2D eigenvalue weighted by Crippen LogP contribution is 2.10. The summed E-state index contributed by atoms with van der Waals surface area (Å²) in [7, 11) is -2.87. The van der Waals surface area contributed by atoms with Gasteiger partial charge in [-0.05, 0) is 24.1 Å². The molecule has 0 aliphatic heterocycles. The minimum Gasteiger partial charge on any atom is -0.453 e. The Labute approximate surface area is 99.3 Å². The van der Waals surface area contributed by atoms with E-state index in [9.17, 15) is 13.2 Å². The van der Waals surface area contributed by atoms with Crippen molar-refractivity contribution >= 4 is 16.2 Å². The Bertz CT molecular complexity index is 480.